The van der Waals surface area contributed by atoms with E-state index < -0.39 is 0 Å². The molecule has 104 valence electrons. The van der Waals surface area contributed by atoms with Crippen LogP contribution in [0.5, 0.6) is 0 Å². The first-order chi connectivity index (χ1) is 8.97. The lowest BCUT2D eigenvalue weighted by Crippen LogP contribution is -2.30. The van der Waals surface area contributed by atoms with Crippen LogP contribution in [0, 0.1) is 13.8 Å². The molecule has 2 rings (SSSR count). The third-order valence-electron chi connectivity index (χ3n) is 3.32. The van der Waals surface area contributed by atoms with Crippen molar-refractivity contribution in [2.45, 2.75) is 31.3 Å². The van der Waals surface area contributed by atoms with Crippen molar-refractivity contribution >= 4 is 33.6 Å². The molecule has 1 aliphatic rings. The summed E-state index contributed by atoms with van der Waals surface area (Å²) in [7, 11) is 0. The molecule has 5 heteroatoms. The monoisotopic (exact) mass is 343 g/mol. The van der Waals surface area contributed by atoms with E-state index in [4.69, 9.17) is 0 Å². The van der Waals surface area contributed by atoms with Crippen molar-refractivity contribution in [1.29, 1.82) is 0 Å². The molecule has 1 aliphatic heterocycles. The number of thioether (sulfide) groups is 1. The predicted octanol–water partition coefficient (Wildman–Crippen LogP) is 2.75. The topological polar surface area (TPSA) is 40.5 Å². The first kappa shape index (κ1) is 14.9. The Morgan fingerprint density at radius 2 is 2.21 bits per heavy atom. The molecule has 1 aromatic carbocycles. The van der Waals surface area contributed by atoms with Crippen LogP contribution in [0.15, 0.2) is 21.5 Å². The Balaban J connectivity index is 1.95. The van der Waals surface area contributed by atoms with Crippen molar-refractivity contribution in [3.8, 4) is 0 Å². The summed E-state index contributed by atoms with van der Waals surface area (Å²) in [5, 5.41) is 9.44. The summed E-state index contributed by atoms with van der Waals surface area (Å²) in [5.41, 5.74) is 2.36. The van der Waals surface area contributed by atoms with Crippen molar-refractivity contribution in [1.82, 2.24) is 4.90 Å². The second-order valence-corrected chi connectivity index (χ2v) is 6.81. The van der Waals surface area contributed by atoms with Gasteiger partial charge >= 0.3 is 0 Å². The number of carbonyl (C=O) groups is 1. The third-order valence-corrected chi connectivity index (χ3v) is 5.32. The Morgan fingerprint density at radius 3 is 2.84 bits per heavy atom. The van der Waals surface area contributed by atoms with Crippen LogP contribution in [0.4, 0.5) is 0 Å². The van der Waals surface area contributed by atoms with E-state index in [2.05, 4.69) is 35.0 Å². The van der Waals surface area contributed by atoms with Gasteiger partial charge in [-0.1, -0.05) is 15.9 Å². The standard InChI is InChI=1S/C14H18BrNO2S/c1-9-6-13(10(2)5-12(9)15)19-8-14(18)16-4-3-11(17)7-16/h5-6,11,17H,3-4,7-8H2,1-2H3/t11-/m1/s1. The number of β-amino-alcohol motifs (C(OH)–C–C–N with tert-alkyl or cyclic N) is 1. The molecule has 0 radical (unpaired) electrons. The molecule has 0 spiro atoms. The first-order valence-corrected chi connectivity index (χ1v) is 8.10. The number of benzene rings is 1. The number of aryl methyl sites for hydroxylation is 2. The number of likely N-dealkylation sites (tertiary alicyclic amines) is 1. The third kappa shape index (κ3) is 3.74. The maximum absolute atomic E-state index is 12.0. The quantitative estimate of drug-likeness (QED) is 0.858. The molecule has 1 saturated heterocycles. The molecule has 1 fully saturated rings. The minimum absolute atomic E-state index is 0.113. The van der Waals surface area contributed by atoms with Crippen molar-refractivity contribution < 1.29 is 9.90 Å². The Hall–Kier alpha value is -0.520. The van der Waals surface area contributed by atoms with Crippen LogP contribution >= 0.6 is 27.7 Å². The molecule has 1 heterocycles. The van der Waals surface area contributed by atoms with Gasteiger partial charge in [0.05, 0.1) is 11.9 Å². The minimum atomic E-state index is -0.342. The number of halogens is 1. The van der Waals surface area contributed by atoms with Gasteiger partial charge in [0.2, 0.25) is 5.91 Å². The number of amides is 1. The number of aliphatic hydroxyl groups excluding tert-OH is 1. The second-order valence-electron chi connectivity index (χ2n) is 4.94. The molecule has 19 heavy (non-hydrogen) atoms. The van der Waals surface area contributed by atoms with Crippen molar-refractivity contribution in [3.63, 3.8) is 0 Å². The zero-order chi connectivity index (χ0) is 14.0. The summed E-state index contributed by atoms with van der Waals surface area (Å²) in [6, 6.07) is 4.19. The van der Waals surface area contributed by atoms with Crippen molar-refractivity contribution in [3.05, 3.63) is 27.7 Å². The molecule has 1 N–H and O–H groups in total. The van der Waals surface area contributed by atoms with Gasteiger partial charge in [-0.3, -0.25) is 4.79 Å². The van der Waals surface area contributed by atoms with E-state index in [1.54, 1.807) is 16.7 Å². The fraction of sp³-hybridized carbons (Fsp3) is 0.500. The molecule has 0 bridgehead atoms. The maximum Gasteiger partial charge on any atom is 0.233 e. The van der Waals surface area contributed by atoms with Crippen LogP contribution in [0.1, 0.15) is 17.5 Å². The van der Waals surface area contributed by atoms with Gasteiger partial charge < -0.3 is 10.0 Å². The van der Waals surface area contributed by atoms with E-state index >= 15 is 0 Å². The lowest BCUT2D eigenvalue weighted by Gasteiger charge is -2.15. The zero-order valence-corrected chi connectivity index (χ0v) is 13.6. The Bertz CT molecular complexity index is 493. The van der Waals surface area contributed by atoms with Crippen molar-refractivity contribution in [2.24, 2.45) is 0 Å². The van der Waals surface area contributed by atoms with Crippen LogP contribution in [0.3, 0.4) is 0 Å². The summed E-state index contributed by atoms with van der Waals surface area (Å²) in [6.45, 7) is 5.26. The second kappa shape index (κ2) is 6.29. The molecule has 0 aliphatic carbocycles. The number of hydrogen-bond acceptors (Lipinski definition) is 3. The summed E-state index contributed by atoms with van der Waals surface area (Å²) < 4.78 is 1.10. The molecule has 1 aromatic rings. The average Bonchev–Trinajstić information content (AvgIpc) is 2.78. The highest BCUT2D eigenvalue weighted by molar-refractivity contribution is 9.10. The molecule has 1 atom stereocenters. The normalized spacial score (nSPS) is 18.9. The maximum atomic E-state index is 12.0. The molecule has 3 nitrogen and oxygen atoms in total. The van der Waals surface area contributed by atoms with Gasteiger partial charge in [-0.25, -0.2) is 0 Å². The van der Waals surface area contributed by atoms with Crippen LogP contribution in [-0.4, -0.2) is 40.9 Å². The van der Waals surface area contributed by atoms with Crippen LogP contribution in [0.2, 0.25) is 0 Å². The van der Waals surface area contributed by atoms with Crippen LogP contribution < -0.4 is 0 Å². The molecular weight excluding hydrogens is 326 g/mol. The fourth-order valence-corrected chi connectivity index (χ4v) is 3.58. The van der Waals surface area contributed by atoms with E-state index in [0.717, 1.165) is 9.37 Å². The zero-order valence-electron chi connectivity index (χ0n) is 11.1. The lowest BCUT2D eigenvalue weighted by molar-refractivity contribution is -0.127. The summed E-state index contributed by atoms with van der Waals surface area (Å²) in [5.74, 6) is 0.552. The number of aliphatic hydroxyl groups is 1. The van der Waals surface area contributed by atoms with Gasteiger partial charge in [-0.05, 0) is 43.5 Å². The van der Waals surface area contributed by atoms with E-state index in [1.165, 1.54) is 11.1 Å². The lowest BCUT2D eigenvalue weighted by atomic mass is 10.2. The number of rotatable bonds is 3. The minimum Gasteiger partial charge on any atom is -0.391 e. The summed E-state index contributed by atoms with van der Waals surface area (Å²) in [6.07, 6.45) is 0.359. The highest BCUT2D eigenvalue weighted by Crippen LogP contribution is 2.28. The highest BCUT2D eigenvalue weighted by Gasteiger charge is 2.24. The van der Waals surface area contributed by atoms with E-state index in [0.29, 0.717) is 25.3 Å². The Morgan fingerprint density at radius 1 is 1.47 bits per heavy atom. The number of nitrogens with zero attached hydrogens (tertiary/aromatic N) is 1. The van der Waals surface area contributed by atoms with Gasteiger partial charge in [0.1, 0.15) is 0 Å². The largest absolute Gasteiger partial charge is 0.391 e. The highest BCUT2D eigenvalue weighted by atomic mass is 79.9. The van der Waals surface area contributed by atoms with Gasteiger partial charge in [-0.15, -0.1) is 11.8 Å². The van der Waals surface area contributed by atoms with Gasteiger partial charge in [0.15, 0.2) is 0 Å². The number of carbonyl (C=O) groups excluding carboxylic acids is 1. The summed E-state index contributed by atoms with van der Waals surface area (Å²) >= 11 is 5.08. The van der Waals surface area contributed by atoms with E-state index in [9.17, 15) is 9.90 Å². The van der Waals surface area contributed by atoms with Crippen LogP contribution in [0.25, 0.3) is 0 Å². The fourth-order valence-electron chi connectivity index (χ4n) is 2.11. The van der Waals surface area contributed by atoms with Gasteiger partial charge in [-0.2, -0.15) is 0 Å². The SMILES string of the molecule is Cc1cc(SCC(=O)N2CC[C@@H](O)C2)c(C)cc1Br. The van der Waals surface area contributed by atoms with E-state index in [-0.39, 0.29) is 12.0 Å². The van der Waals surface area contributed by atoms with Gasteiger partial charge in [0.25, 0.3) is 0 Å². The molecule has 1 amide bonds. The summed E-state index contributed by atoms with van der Waals surface area (Å²) in [4.78, 5) is 14.9. The van der Waals surface area contributed by atoms with Gasteiger partial charge in [0, 0.05) is 22.5 Å². The van der Waals surface area contributed by atoms with Crippen molar-refractivity contribution in [2.75, 3.05) is 18.8 Å². The molecular formula is C14H18BrNO2S. The molecule has 0 aromatic heterocycles. The molecule has 0 unspecified atom stereocenters. The van der Waals surface area contributed by atoms with E-state index in [1.807, 2.05) is 6.92 Å². The Labute approximate surface area is 126 Å². The molecule has 0 saturated carbocycles. The number of hydrogen-bond donors (Lipinski definition) is 1. The Kier molecular flexibility index (Phi) is 4.92. The smallest absolute Gasteiger partial charge is 0.233 e. The first-order valence-electron chi connectivity index (χ1n) is 6.32. The average molecular weight is 344 g/mol. The van der Waals surface area contributed by atoms with Crippen LogP contribution in [-0.2, 0) is 4.79 Å². The predicted molar refractivity (Wildman–Crippen MR) is 81.5 cm³/mol.